The zero-order chi connectivity index (χ0) is 10.8. The molecule has 1 aliphatic rings. The monoisotopic (exact) mass is 203 g/mol. The number of rotatable bonds is 2. The molecule has 15 heavy (non-hydrogen) atoms. The highest BCUT2D eigenvalue weighted by Gasteiger charge is 2.27. The Bertz CT molecular complexity index is 412. The minimum atomic E-state index is -0.0525. The number of carbonyl (C=O) groups excluding carboxylic acids is 2. The van der Waals surface area contributed by atoms with Crippen molar-refractivity contribution in [2.24, 2.45) is 0 Å². The highest BCUT2D eigenvalue weighted by atomic mass is 16.2. The van der Waals surface area contributed by atoms with Gasteiger partial charge in [-0.3, -0.25) is 9.59 Å². The first-order chi connectivity index (χ1) is 7.16. The Balaban J connectivity index is 2.13. The van der Waals surface area contributed by atoms with Gasteiger partial charge in [0.15, 0.2) is 5.78 Å². The molecule has 2 rings (SSSR count). The van der Waals surface area contributed by atoms with Crippen LogP contribution in [0.15, 0.2) is 24.3 Å². The molecular weight excluding hydrogens is 190 g/mol. The Hall–Kier alpha value is -1.64. The van der Waals surface area contributed by atoms with E-state index < -0.39 is 0 Å². The lowest BCUT2D eigenvalue weighted by molar-refractivity contribution is -0.128. The fourth-order valence-electron chi connectivity index (χ4n) is 1.77. The molecule has 1 aliphatic heterocycles. The molecule has 1 aromatic rings. The predicted octanol–water partition coefficient (Wildman–Crippen LogP) is 1.30. The molecule has 1 amide bonds. The van der Waals surface area contributed by atoms with E-state index in [4.69, 9.17) is 0 Å². The second-order valence-corrected chi connectivity index (χ2v) is 3.89. The topological polar surface area (TPSA) is 37.4 Å². The fraction of sp³-hybridized carbons (Fsp3) is 0.333. The van der Waals surface area contributed by atoms with Gasteiger partial charge in [0.25, 0.3) is 0 Å². The number of benzene rings is 1. The van der Waals surface area contributed by atoms with Gasteiger partial charge < -0.3 is 4.90 Å². The fourth-order valence-corrected chi connectivity index (χ4v) is 1.77. The molecule has 1 heterocycles. The molecule has 0 aliphatic carbocycles. The van der Waals surface area contributed by atoms with E-state index in [1.165, 1.54) is 0 Å². The number of likely N-dealkylation sites (tertiary alicyclic amines) is 1. The Morgan fingerprint density at radius 3 is 2.60 bits per heavy atom. The molecule has 0 aromatic heterocycles. The van der Waals surface area contributed by atoms with Crippen LogP contribution in [0.5, 0.6) is 0 Å². The molecule has 78 valence electrons. The molecule has 0 saturated carbocycles. The number of hydrogen-bond donors (Lipinski definition) is 0. The van der Waals surface area contributed by atoms with Crippen LogP contribution in [0.25, 0.3) is 0 Å². The van der Waals surface area contributed by atoms with E-state index in [0.29, 0.717) is 6.54 Å². The number of carbonyl (C=O) groups is 2. The van der Waals surface area contributed by atoms with E-state index in [9.17, 15) is 9.59 Å². The van der Waals surface area contributed by atoms with Gasteiger partial charge in [-0.15, -0.1) is 0 Å². The molecule has 1 aromatic carbocycles. The maximum absolute atomic E-state index is 11.4. The van der Waals surface area contributed by atoms with Gasteiger partial charge in [0.2, 0.25) is 5.91 Å². The number of amides is 1. The average molecular weight is 203 g/mol. The van der Waals surface area contributed by atoms with Gasteiger partial charge >= 0.3 is 0 Å². The first kappa shape index (κ1) is 9.90. The summed E-state index contributed by atoms with van der Waals surface area (Å²) in [6, 6.07) is 7.92. The van der Waals surface area contributed by atoms with E-state index in [1.54, 1.807) is 4.90 Å². The van der Waals surface area contributed by atoms with Gasteiger partial charge in [-0.05, 0) is 18.1 Å². The Kier molecular flexibility index (Phi) is 2.54. The SMILES string of the molecule is Cc1ccccc1CN1CC(=O)CC1=O. The van der Waals surface area contributed by atoms with Gasteiger partial charge in [-0.25, -0.2) is 0 Å². The lowest BCUT2D eigenvalue weighted by atomic mass is 10.1. The van der Waals surface area contributed by atoms with Crippen molar-refractivity contribution in [3.8, 4) is 0 Å². The second-order valence-electron chi connectivity index (χ2n) is 3.89. The maximum Gasteiger partial charge on any atom is 0.230 e. The molecule has 0 spiro atoms. The molecule has 1 saturated heterocycles. The lowest BCUT2D eigenvalue weighted by Gasteiger charge is -2.15. The van der Waals surface area contributed by atoms with Crippen LogP contribution in [-0.4, -0.2) is 23.1 Å². The summed E-state index contributed by atoms with van der Waals surface area (Å²) in [5.74, 6) is -0.0307. The molecule has 0 bridgehead atoms. The van der Waals surface area contributed by atoms with Crippen LogP contribution in [-0.2, 0) is 16.1 Å². The summed E-state index contributed by atoms with van der Waals surface area (Å²) in [6.07, 6.45) is 0.0753. The third-order valence-electron chi connectivity index (χ3n) is 2.69. The van der Waals surface area contributed by atoms with E-state index in [1.807, 2.05) is 31.2 Å². The van der Waals surface area contributed by atoms with Crippen LogP contribution in [0.4, 0.5) is 0 Å². The van der Waals surface area contributed by atoms with Crippen molar-refractivity contribution in [3.05, 3.63) is 35.4 Å². The molecule has 1 fully saturated rings. The van der Waals surface area contributed by atoms with Crippen LogP contribution in [0, 0.1) is 6.92 Å². The average Bonchev–Trinajstić information content (AvgIpc) is 2.49. The summed E-state index contributed by atoms with van der Waals surface area (Å²) < 4.78 is 0. The van der Waals surface area contributed by atoms with Gasteiger partial charge in [0.1, 0.15) is 0 Å². The summed E-state index contributed by atoms with van der Waals surface area (Å²) in [7, 11) is 0. The molecule has 0 unspecified atom stereocenters. The zero-order valence-corrected chi connectivity index (χ0v) is 8.69. The van der Waals surface area contributed by atoms with Crippen LogP contribution in [0.1, 0.15) is 17.5 Å². The van der Waals surface area contributed by atoms with Gasteiger partial charge in [-0.1, -0.05) is 24.3 Å². The van der Waals surface area contributed by atoms with Gasteiger partial charge in [0.05, 0.1) is 13.0 Å². The van der Waals surface area contributed by atoms with Crippen molar-refractivity contribution in [1.29, 1.82) is 0 Å². The Morgan fingerprint density at radius 2 is 2.00 bits per heavy atom. The van der Waals surface area contributed by atoms with Crippen molar-refractivity contribution >= 4 is 11.7 Å². The molecule has 0 N–H and O–H groups in total. The van der Waals surface area contributed by atoms with E-state index in [-0.39, 0.29) is 24.7 Å². The molecule has 3 nitrogen and oxygen atoms in total. The van der Waals surface area contributed by atoms with Gasteiger partial charge in [0, 0.05) is 6.54 Å². The number of aryl methyl sites for hydroxylation is 1. The third kappa shape index (κ3) is 2.06. The first-order valence-electron chi connectivity index (χ1n) is 5.01. The van der Waals surface area contributed by atoms with Crippen molar-refractivity contribution < 1.29 is 9.59 Å². The minimum Gasteiger partial charge on any atom is -0.331 e. The molecular formula is C12H13NO2. The smallest absolute Gasteiger partial charge is 0.230 e. The predicted molar refractivity (Wildman–Crippen MR) is 56.2 cm³/mol. The maximum atomic E-state index is 11.4. The van der Waals surface area contributed by atoms with E-state index >= 15 is 0 Å². The highest BCUT2D eigenvalue weighted by Crippen LogP contribution is 2.14. The Morgan fingerprint density at radius 1 is 1.27 bits per heavy atom. The van der Waals surface area contributed by atoms with Crippen LogP contribution < -0.4 is 0 Å². The zero-order valence-electron chi connectivity index (χ0n) is 8.69. The largest absolute Gasteiger partial charge is 0.331 e. The van der Waals surface area contributed by atoms with Crippen molar-refractivity contribution in [2.45, 2.75) is 19.9 Å². The number of nitrogens with zero attached hydrogens (tertiary/aromatic N) is 1. The highest BCUT2D eigenvalue weighted by molar-refractivity contribution is 6.05. The van der Waals surface area contributed by atoms with Gasteiger partial charge in [-0.2, -0.15) is 0 Å². The van der Waals surface area contributed by atoms with E-state index in [0.717, 1.165) is 11.1 Å². The van der Waals surface area contributed by atoms with Crippen molar-refractivity contribution in [2.75, 3.05) is 6.54 Å². The molecule has 0 atom stereocenters. The summed E-state index contributed by atoms with van der Waals surface area (Å²) >= 11 is 0. The summed E-state index contributed by atoms with van der Waals surface area (Å²) in [5.41, 5.74) is 2.27. The summed E-state index contributed by atoms with van der Waals surface area (Å²) in [6.45, 7) is 2.84. The van der Waals surface area contributed by atoms with Crippen LogP contribution >= 0.6 is 0 Å². The Labute approximate surface area is 88.7 Å². The third-order valence-corrected chi connectivity index (χ3v) is 2.69. The lowest BCUT2D eigenvalue weighted by Crippen LogP contribution is -2.24. The first-order valence-corrected chi connectivity index (χ1v) is 5.01. The molecule has 3 heteroatoms. The number of hydrogen-bond acceptors (Lipinski definition) is 2. The normalized spacial score (nSPS) is 16.2. The minimum absolute atomic E-state index is 0.0218. The van der Waals surface area contributed by atoms with Crippen LogP contribution in [0.3, 0.4) is 0 Å². The quantitative estimate of drug-likeness (QED) is 0.679. The second kappa shape index (κ2) is 3.85. The van der Waals surface area contributed by atoms with Crippen LogP contribution in [0.2, 0.25) is 0 Å². The molecule has 0 radical (unpaired) electrons. The summed E-state index contributed by atoms with van der Waals surface area (Å²) in [4.78, 5) is 24.1. The standard InChI is InChI=1S/C12H13NO2/c1-9-4-2-3-5-10(9)7-13-8-11(14)6-12(13)15/h2-5H,6-8H2,1H3. The number of ketones is 1. The van der Waals surface area contributed by atoms with Crippen molar-refractivity contribution in [3.63, 3.8) is 0 Å². The van der Waals surface area contributed by atoms with E-state index in [2.05, 4.69) is 0 Å². The van der Waals surface area contributed by atoms with Crippen molar-refractivity contribution in [1.82, 2.24) is 4.90 Å². The number of Topliss-reactive ketones (excluding diaryl/α,β-unsaturated/α-hetero) is 1. The summed E-state index contributed by atoms with van der Waals surface area (Å²) in [5, 5.41) is 0.